The van der Waals surface area contributed by atoms with Gasteiger partial charge in [0.2, 0.25) is 5.95 Å². The van der Waals surface area contributed by atoms with E-state index >= 15 is 0 Å². The second-order valence-corrected chi connectivity index (χ2v) is 5.84. The van der Waals surface area contributed by atoms with Crippen LogP contribution in [0.5, 0.6) is 5.75 Å². The molecule has 0 amide bonds. The molecule has 4 rings (SSSR count). The van der Waals surface area contributed by atoms with Gasteiger partial charge in [0.25, 0.3) is 0 Å². The molecule has 0 N–H and O–H groups in total. The first-order valence-electron chi connectivity index (χ1n) is 8.03. The SMILES string of the molecule is O=C1C(=Cc2cnc(N3CCOCC3)nc2)COc2ccc(F)cc21. The summed E-state index contributed by atoms with van der Waals surface area (Å²) in [5.74, 6) is 0.347. The Kier molecular flexibility index (Phi) is 4.15. The molecule has 0 radical (unpaired) electrons. The zero-order chi connectivity index (χ0) is 17.2. The van der Waals surface area contributed by atoms with E-state index in [1.807, 2.05) is 4.90 Å². The van der Waals surface area contributed by atoms with Gasteiger partial charge in [-0.2, -0.15) is 0 Å². The molecule has 7 heteroatoms. The molecule has 0 atom stereocenters. The number of halogens is 1. The Morgan fingerprint density at radius 1 is 1.16 bits per heavy atom. The molecule has 2 aliphatic heterocycles. The van der Waals surface area contributed by atoms with Crippen LogP contribution in [0.25, 0.3) is 6.08 Å². The van der Waals surface area contributed by atoms with E-state index in [0.717, 1.165) is 13.1 Å². The van der Waals surface area contributed by atoms with E-state index in [1.54, 1.807) is 18.5 Å². The van der Waals surface area contributed by atoms with E-state index in [2.05, 4.69) is 9.97 Å². The van der Waals surface area contributed by atoms with Gasteiger partial charge in [-0.25, -0.2) is 14.4 Å². The third-order valence-corrected chi connectivity index (χ3v) is 4.15. The molecule has 1 saturated heterocycles. The number of rotatable bonds is 2. The van der Waals surface area contributed by atoms with E-state index < -0.39 is 5.82 Å². The minimum Gasteiger partial charge on any atom is -0.488 e. The van der Waals surface area contributed by atoms with Crippen LogP contribution in [0.4, 0.5) is 10.3 Å². The summed E-state index contributed by atoms with van der Waals surface area (Å²) in [4.78, 5) is 23.3. The summed E-state index contributed by atoms with van der Waals surface area (Å²) in [6.07, 6.45) is 5.01. The van der Waals surface area contributed by atoms with Gasteiger partial charge in [-0.05, 0) is 24.3 Å². The third kappa shape index (κ3) is 3.23. The number of hydrogen-bond acceptors (Lipinski definition) is 6. The van der Waals surface area contributed by atoms with Gasteiger partial charge in [-0.1, -0.05) is 0 Å². The Bertz CT molecular complexity index is 830. The third-order valence-electron chi connectivity index (χ3n) is 4.15. The molecule has 0 bridgehead atoms. The van der Waals surface area contributed by atoms with E-state index in [-0.39, 0.29) is 18.0 Å². The first-order chi connectivity index (χ1) is 12.2. The van der Waals surface area contributed by atoms with E-state index in [4.69, 9.17) is 9.47 Å². The maximum Gasteiger partial charge on any atom is 0.225 e. The summed E-state index contributed by atoms with van der Waals surface area (Å²) in [5, 5.41) is 0. The summed E-state index contributed by atoms with van der Waals surface area (Å²) in [6.45, 7) is 2.99. The van der Waals surface area contributed by atoms with Crippen LogP contribution in [-0.2, 0) is 4.74 Å². The molecule has 25 heavy (non-hydrogen) atoms. The van der Waals surface area contributed by atoms with Gasteiger partial charge in [0.1, 0.15) is 18.2 Å². The van der Waals surface area contributed by atoms with Crippen LogP contribution in [-0.4, -0.2) is 48.7 Å². The van der Waals surface area contributed by atoms with Gasteiger partial charge in [0.05, 0.1) is 18.8 Å². The van der Waals surface area contributed by atoms with Gasteiger partial charge < -0.3 is 14.4 Å². The van der Waals surface area contributed by atoms with E-state index in [9.17, 15) is 9.18 Å². The topological polar surface area (TPSA) is 64.6 Å². The number of benzene rings is 1. The van der Waals surface area contributed by atoms with Crippen LogP contribution in [0.3, 0.4) is 0 Å². The molecule has 128 valence electrons. The van der Waals surface area contributed by atoms with Crippen LogP contribution in [0, 0.1) is 5.82 Å². The molecule has 0 saturated carbocycles. The summed E-state index contributed by atoms with van der Waals surface area (Å²) >= 11 is 0. The fraction of sp³-hybridized carbons (Fsp3) is 0.278. The minimum atomic E-state index is -0.463. The highest BCUT2D eigenvalue weighted by molar-refractivity contribution is 6.14. The second kappa shape index (κ2) is 6.60. The Morgan fingerprint density at radius 3 is 2.68 bits per heavy atom. The van der Waals surface area contributed by atoms with E-state index in [1.165, 1.54) is 18.2 Å². The van der Waals surface area contributed by atoms with Crippen LogP contribution in [0.2, 0.25) is 0 Å². The van der Waals surface area contributed by atoms with Crippen molar-refractivity contribution in [1.82, 2.24) is 9.97 Å². The van der Waals surface area contributed by atoms with Crippen molar-refractivity contribution < 1.29 is 18.7 Å². The number of carbonyl (C=O) groups excluding carboxylic acids is 1. The van der Waals surface area contributed by atoms with Crippen molar-refractivity contribution in [3.8, 4) is 5.75 Å². The predicted octanol–water partition coefficient (Wildman–Crippen LogP) is 2.11. The lowest BCUT2D eigenvalue weighted by Gasteiger charge is -2.26. The van der Waals surface area contributed by atoms with Crippen molar-refractivity contribution in [1.29, 1.82) is 0 Å². The highest BCUT2D eigenvalue weighted by atomic mass is 19.1. The van der Waals surface area contributed by atoms with Crippen LogP contribution in [0.15, 0.2) is 36.2 Å². The maximum atomic E-state index is 13.4. The smallest absolute Gasteiger partial charge is 0.225 e. The molecular weight excluding hydrogens is 325 g/mol. The molecule has 1 aromatic heterocycles. The summed E-state index contributed by atoms with van der Waals surface area (Å²) < 4.78 is 24.2. The largest absolute Gasteiger partial charge is 0.488 e. The average molecular weight is 341 g/mol. The first-order valence-corrected chi connectivity index (χ1v) is 8.03. The Hall–Kier alpha value is -2.80. The summed E-state index contributed by atoms with van der Waals surface area (Å²) in [5.41, 5.74) is 1.38. The van der Waals surface area contributed by atoms with Crippen molar-refractivity contribution in [2.45, 2.75) is 0 Å². The highest BCUT2D eigenvalue weighted by Crippen LogP contribution is 2.28. The monoisotopic (exact) mass is 341 g/mol. The van der Waals surface area contributed by atoms with Gasteiger partial charge in [0, 0.05) is 36.6 Å². The van der Waals surface area contributed by atoms with Gasteiger partial charge in [-0.3, -0.25) is 4.79 Å². The molecule has 2 aliphatic rings. The number of nitrogens with zero attached hydrogens (tertiary/aromatic N) is 3. The minimum absolute atomic E-state index is 0.142. The quantitative estimate of drug-likeness (QED) is 0.780. The number of Topliss-reactive ketones (excluding diaryl/α,β-unsaturated/α-hetero) is 1. The predicted molar refractivity (Wildman–Crippen MR) is 89.3 cm³/mol. The molecule has 2 aromatic rings. The van der Waals surface area contributed by atoms with Crippen molar-refractivity contribution >= 4 is 17.8 Å². The van der Waals surface area contributed by atoms with Crippen LogP contribution in [0.1, 0.15) is 15.9 Å². The molecule has 0 unspecified atom stereocenters. The number of ether oxygens (including phenoxy) is 2. The summed E-state index contributed by atoms with van der Waals surface area (Å²) in [7, 11) is 0. The molecule has 6 nitrogen and oxygen atoms in total. The Labute approximate surface area is 143 Å². The number of carbonyl (C=O) groups is 1. The lowest BCUT2D eigenvalue weighted by atomic mass is 9.99. The van der Waals surface area contributed by atoms with Crippen molar-refractivity contribution in [2.75, 3.05) is 37.8 Å². The molecule has 0 spiro atoms. The number of ketones is 1. The molecule has 1 aromatic carbocycles. The molecular formula is C18H16FN3O3. The fourth-order valence-electron chi connectivity index (χ4n) is 2.84. The van der Waals surface area contributed by atoms with Crippen LogP contribution >= 0.6 is 0 Å². The number of aromatic nitrogens is 2. The number of morpholine rings is 1. The zero-order valence-electron chi connectivity index (χ0n) is 13.4. The first kappa shape index (κ1) is 15.7. The van der Waals surface area contributed by atoms with Gasteiger partial charge in [0.15, 0.2) is 5.78 Å². The second-order valence-electron chi connectivity index (χ2n) is 5.84. The van der Waals surface area contributed by atoms with Crippen LogP contribution < -0.4 is 9.64 Å². The number of anilines is 1. The van der Waals surface area contributed by atoms with E-state index in [0.29, 0.717) is 36.0 Å². The molecule has 3 heterocycles. The average Bonchev–Trinajstić information content (AvgIpc) is 2.66. The lowest BCUT2D eigenvalue weighted by Crippen LogP contribution is -2.37. The highest BCUT2D eigenvalue weighted by Gasteiger charge is 2.24. The number of fused-ring (bicyclic) bond motifs is 1. The lowest BCUT2D eigenvalue weighted by molar-refractivity contribution is 0.1000. The zero-order valence-corrected chi connectivity index (χ0v) is 13.4. The van der Waals surface area contributed by atoms with Gasteiger partial charge in [-0.15, -0.1) is 0 Å². The molecule has 1 fully saturated rings. The van der Waals surface area contributed by atoms with Crippen molar-refractivity contribution in [3.63, 3.8) is 0 Å². The van der Waals surface area contributed by atoms with Gasteiger partial charge >= 0.3 is 0 Å². The van der Waals surface area contributed by atoms with Crippen molar-refractivity contribution in [3.05, 3.63) is 53.1 Å². The standard InChI is InChI=1S/C18H16FN3O3/c19-14-1-2-16-15(8-14)17(23)13(11-25-16)7-12-9-20-18(21-10-12)22-3-5-24-6-4-22/h1-2,7-10H,3-6,11H2. The Morgan fingerprint density at radius 2 is 1.92 bits per heavy atom. The normalized spacial score (nSPS) is 18.8. The Balaban J connectivity index is 1.55. The fourth-order valence-corrected chi connectivity index (χ4v) is 2.84. The summed E-state index contributed by atoms with van der Waals surface area (Å²) in [6, 6.07) is 3.95. The van der Waals surface area contributed by atoms with Crippen molar-refractivity contribution in [2.24, 2.45) is 0 Å². The number of hydrogen-bond donors (Lipinski definition) is 0. The maximum absolute atomic E-state index is 13.4. The molecule has 0 aliphatic carbocycles.